The van der Waals surface area contributed by atoms with Crippen molar-refractivity contribution in [2.24, 2.45) is 5.92 Å². The van der Waals surface area contributed by atoms with Crippen molar-refractivity contribution in [1.29, 1.82) is 0 Å². The number of halogens is 3. The summed E-state index contributed by atoms with van der Waals surface area (Å²) in [5, 5.41) is 11.9. The van der Waals surface area contributed by atoms with Gasteiger partial charge in [-0.3, -0.25) is 9.48 Å². The van der Waals surface area contributed by atoms with Crippen LogP contribution < -0.4 is 5.32 Å². The monoisotopic (exact) mass is 436 g/mol. The van der Waals surface area contributed by atoms with E-state index in [9.17, 15) is 13.6 Å². The molecule has 0 spiro atoms. The molecule has 0 saturated heterocycles. The average Bonchev–Trinajstić information content (AvgIpc) is 3.33. The first-order valence-electron chi connectivity index (χ1n) is 9.96. The Bertz CT molecular complexity index is 1050. The zero-order valence-electron chi connectivity index (χ0n) is 16.7. The fraction of sp³-hybridized carbons (Fsp3) is 0.500. The van der Waals surface area contributed by atoms with Crippen LogP contribution in [0, 0.1) is 5.92 Å². The largest absolute Gasteiger partial charge is 0.342 e. The number of amides is 1. The molecular formula is C20H23ClF2N6O. The molecule has 30 heavy (non-hydrogen) atoms. The van der Waals surface area contributed by atoms with Crippen molar-refractivity contribution in [2.45, 2.75) is 57.5 Å². The van der Waals surface area contributed by atoms with Crippen LogP contribution in [0.5, 0.6) is 0 Å². The first kappa shape index (κ1) is 20.7. The number of nitrogens with one attached hydrogen (secondary N) is 1. The fourth-order valence-corrected chi connectivity index (χ4v) is 4.11. The Kier molecular flexibility index (Phi) is 5.48. The Morgan fingerprint density at radius 2 is 2.03 bits per heavy atom. The van der Waals surface area contributed by atoms with Crippen LogP contribution >= 0.6 is 11.6 Å². The number of carbonyl (C=O) groups excluding carboxylic acids is 1. The normalized spacial score (nSPS) is 18.1. The Morgan fingerprint density at radius 3 is 2.73 bits per heavy atom. The van der Waals surface area contributed by atoms with E-state index in [1.54, 1.807) is 33.7 Å². The molecule has 3 aromatic heterocycles. The molecule has 160 valence electrons. The smallest absolute Gasteiger partial charge is 0.270 e. The Labute approximate surface area is 177 Å². The summed E-state index contributed by atoms with van der Waals surface area (Å²) in [4.78, 5) is 17.6. The molecule has 0 aromatic carbocycles. The minimum absolute atomic E-state index is 0.00843. The number of nitrogens with zero attached hydrogens (tertiary/aromatic N) is 5. The molecule has 4 rings (SSSR count). The maximum Gasteiger partial charge on any atom is 0.270 e. The lowest BCUT2D eigenvalue weighted by Crippen LogP contribution is -2.38. The van der Waals surface area contributed by atoms with Crippen LogP contribution in [0.4, 0.5) is 8.78 Å². The number of hydrogen-bond acceptors (Lipinski definition) is 4. The van der Waals surface area contributed by atoms with Gasteiger partial charge in [0.2, 0.25) is 5.92 Å². The molecule has 7 nitrogen and oxygen atoms in total. The van der Waals surface area contributed by atoms with E-state index in [0.29, 0.717) is 34.9 Å². The second-order valence-corrected chi connectivity index (χ2v) is 8.48. The number of aromatic nitrogens is 5. The molecule has 1 N–H and O–H groups in total. The van der Waals surface area contributed by atoms with E-state index in [2.05, 4.69) is 20.5 Å². The topological polar surface area (TPSA) is 77.1 Å². The number of hydrogen-bond donors (Lipinski definition) is 1. The summed E-state index contributed by atoms with van der Waals surface area (Å²) >= 11 is 6.01. The van der Waals surface area contributed by atoms with Gasteiger partial charge in [0.15, 0.2) is 5.65 Å². The van der Waals surface area contributed by atoms with Crippen LogP contribution in [0.3, 0.4) is 0 Å². The Hall–Kier alpha value is -2.55. The van der Waals surface area contributed by atoms with Crippen LogP contribution in [-0.2, 0) is 0 Å². The molecule has 0 radical (unpaired) electrons. The van der Waals surface area contributed by atoms with E-state index in [4.69, 9.17) is 11.6 Å². The van der Waals surface area contributed by atoms with Crippen molar-refractivity contribution >= 4 is 23.2 Å². The highest BCUT2D eigenvalue weighted by atomic mass is 35.5. The van der Waals surface area contributed by atoms with Gasteiger partial charge in [0.05, 0.1) is 29.2 Å². The van der Waals surface area contributed by atoms with Crippen LogP contribution in [0.25, 0.3) is 5.65 Å². The summed E-state index contributed by atoms with van der Waals surface area (Å²) in [6.45, 7) is 3.87. The van der Waals surface area contributed by atoms with Gasteiger partial charge in [-0.2, -0.15) is 10.2 Å². The van der Waals surface area contributed by atoms with Crippen LogP contribution in [-0.4, -0.2) is 36.2 Å². The van der Waals surface area contributed by atoms with Gasteiger partial charge in [0.25, 0.3) is 5.91 Å². The molecule has 1 aliphatic carbocycles. The molecule has 3 aromatic rings. The number of imidazole rings is 1. The predicted molar refractivity (Wildman–Crippen MR) is 108 cm³/mol. The van der Waals surface area contributed by atoms with Gasteiger partial charge in [0, 0.05) is 31.1 Å². The zero-order chi connectivity index (χ0) is 21.5. The van der Waals surface area contributed by atoms with Gasteiger partial charge in [-0.1, -0.05) is 11.6 Å². The highest BCUT2D eigenvalue weighted by molar-refractivity contribution is 6.30. The van der Waals surface area contributed by atoms with Crippen molar-refractivity contribution in [3.05, 3.63) is 47.1 Å². The number of carbonyl (C=O) groups is 1. The van der Waals surface area contributed by atoms with Gasteiger partial charge >= 0.3 is 0 Å². The maximum atomic E-state index is 13.7. The number of rotatable bonds is 5. The van der Waals surface area contributed by atoms with E-state index in [1.165, 1.54) is 6.20 Å². The lowest BCUT2D eigenvalue weighted by atomic mass is 9.81. The molecule has 1 saturated carbocycles. The van der Waals surface area contributed by atoms with Crippen molar-refractivity contribution in [2.75, 3.05) is 0 Å². The van der Waals surface area contributed by atoms with Crippen molar-refractivity contribution < 1.29 is 13.6 Å². The first-order valence-corrected chi connectivity index (χ1v) is 10.3. The van der Waals surface area contributed by atoms with Crippen LogP contribution in [0.1, 0.15) is 67.8 Å². The van der Waals surface area contributed by atoms with Crippen molar-refractivity contribution in [3.63, 3.8) is 0 Å². The molecule has 1 amide bonds. The van der Waals surface area contributed by atoms with E-state index in [-0.39, 0.29) is 30.7 Å². The zero-order valence-corrected chi connectivity index (χ0v) is 17.5. The summed E-state index contributed by atoms with van der Waals surface area (Å²) in [5.41, 5.74) is 1.52. The number of alkyl halides is 2. The minimum Gasteiger partial charge on any atom is -0.342 e. The summed E-state index contributed by atoms with van der Waals surface area (Å²) in [5.74, 6) is -3.13. The predicted octanol–water partition coefficient (Wildman–Crippen LogP) is 4.46. The van der Waals surface area contributed by atoms with E-state index in [1.807, 2.05) is 13.8 Å². The summed E-state index contributed by atoms with van der Waals surface area (Å²) in [6.07, 6.45) is 4.96. The molecule has 1 aliphatic rings. The summed E-state index contributed by atoms with van der Waals surface area (Å²) < 4.78 is 30.7. The van der Waals surface area contributed by atoms with E-state index in [0.717, 1.165) is 0 Å². The second-order valence-electron chi connectivity index (χ2n) is 8.04. The van der Waals surface area contributed by atoms with Gasteiger partial charge in [0.1, 0.15) is 5.69 Å². The minimum atomic E-state index is -2.66. The van der Waals surface area contributed by atoms with Gasteiger partial charge in [-0.15, -0.1) is 0 Å². The van der Waals surface area contributed by atoms with Gasteiger partial charge in [-0.05, 0) is 38.7 Å². The van der Waals surface area contributed by atoms with E-state index < -0.39 is 12.0 Å². The molecule has 1 fully saturated rings. The van der Waals surface area contributed by atoms with Gasteiger partial charge in [-0.25, -0.2) is 18.3 Å². The number of fused-ring (bicyclic) bond motifs is 1. The average molecular weight is 437 g/mol. The van der Waals surface area contributed by atoms with Crippen molar-refractivity contribution in [3.8, 4) is 0 Å². The third kappa shape index (κ3) is 4.16. The molecule has 10 heteroatoms. The lowest BCUT2D eigenvalue weighted by Gasteiger charge is -2.33. The molecular weight excluding hydrogens is 414 g/mol. The van der Waals surface area contributed by atoms with Crippen molar-refractivity contribution in [1.82, 2.24) is 29.7 Å². The first-order chi connectivity index (χ1) is 14.2. The third-order valence-corrected chi connectivity index (χ3v) is 5.74. The maximum absolute atomic E-state index is 13.7. The van der Waals surface area contributed by atoms with Gasteiger partial charge < -0.3 is 5.32 Å². The summed E-state index contributed by atoms with van der Waals surface area (Å²) in [6, 6.07) is 2.80. The Morgan fingerprint density at radius 1 is 1.30 bits per heavy atom. The quantitative estimate of drug-likeness (QED) is 0.640. The fourth-order valence-electron chi connectivity index (χ4n) is 3.97. The standard InChI is InChI=1S/C20H23ClF2N6O/c1-12(2)29-16(5-8-24-29)19(30)27-18(13-3-6-20(22,23)7-4-13)15-11-28-17(26-15)9-14(21)10-25-28/h5,8-13,18H,3-4,6-7H2,1-2H3,(H,27,30). The molecule has 1 unspecified atom stereocenters. The SMILES string of the molecule is CC(C)n1nccc1C(=O)NC(c1cn2ncc(Cl)cc2n1)C1CCC(F)(F)CC1. The molecule has 3 heterocycles. The van der Waals surface area contributed by atoms with Crippen LogP contribution in [0.2, 0.25) is 5.02 Å². The highest BCUT2D eigenvalue weighted by Gasteiger charge is 2.39. The second kappa shape index (κ2) is 7.94. The molecule has 1 atom stereocenters. The molecule has 0 bridgehead atoms. The lowest BCUT2D eigenvalue weighted by molar-refractivity contribution is -0.0495. The third-order valence-electron chi connectivity index (χ3n) is 5.54. The molecule has 0 aliphatic heterocycles. The van der Waals surface area contributed by atoms with Crippen LogP contribution in [0.15, 0.2) is 30.7 Å². The highest BCUT2D eigenvalue weighted by Crippen LogP contribution is 2.41. The Balaban J connectivity index is 1.66. The van der Waals surface area contributed by atoms with E-state index >= 15 is 0 Å². The summed E-state index contributed by atoms with van der Waals surface area (Å²) in [7, 11) is 0.